The molecule has 33 heavy (non-hydrogen) atoms. The molecule has 0 amide bonds. The molecule has 2 atom stereocenters. The molecule has 0 bridgehead atoms. The van der Waals surface area contributed by atoms with Crippen LogP contribution >= 0.6 is 27.7 Å². The number of unbranched alkanes of at least 4 members (excludes halogenated alkanes) is 2. The van der Waals surface area contributed by atoms with Crippen molar-refractivity contribution in [2.24, 2.45) is 0 Å². The maximum absolute atomic E-state index is 12.6. The van der Waals surface area contributed by atoms with Crippen LogP contribution in [0.3, 0.4) is 0 Å². The number of thioether (sulfide) groups is 1. The third kappa shape index (κ3) is 5.18. The van der Waals surface area contributed by atoms with Crippen molar-refractivity contribution in [3.63, 3.8) is 0 Å². The Morgan fingerprint density at radius 1 is 0.939 bits per heavy atom. The van der Waals surface area contributed by atoms with Gasteiger partial charge in [-0.25, -0.2) is 4.98 Å². The maximum atomic E-state index is 12.6. The number of aromatic nitrogens is 1. The minimum absolute atomic E-state index is 0.240. The van der Waals surface area contributed by atoms with Crippen LogP contribution in [0.2, 0.25) is 0 Å². The molecule has 0 spiro atoms. The lowest BCUT2D eigenvalue weighted by Gasteiger charge is -2.38. The van der Waals surface area contributed by atoms with Gasteiger partial charge in [0.2, 0.25) is 0 Å². The Balaban J connectivity index is 1.98. The van der Waals surface area contributed by atoms with Gasteiger partial charge in [0.25, 0.3) is 0 Å². The van der Waals surface area contributed by atoms with Gasteiger partial charge >= 0.3 is 0 Å². The number of halogens is 1. The van der Waals surface area contributed by atoms with E-state index in [1.165, 1.54) is 0 Å². The third-order valence-corrected chi connectivity index (χ3v) is 7.53. The molecule has 2 unspecified atom stereocenters. The normalized spacial score (nSPS) is 14.2. The highest BCUT2D eigenvalue weighted by Crippen LogP contribution is 2.47. The summed E-state index contributed by atoms with van der Waals surface area (Å²) in [4.78, 5) is 5.02. The van der Waals surface area contributed by atoms with E-state index in [0.29, 0.717) is 6.42 Å². The highest BCUT2D eigenvalue weighted by Gasteiger charge is 2.41. The van der Waals surface area contributed by atoms with Crippen LogP contribution in [0.5, 0.6) is 0 Å². The van der Waals surface area contributed by atoms with Crippen molar-refractivity contribution in [3.05, 3.63) is 106 Å². The molecule has 0 aliphatic heterocycles. The van der Waals surface area contributed by atoms with Gasteiger partial charge in [0.05, 0.1) is 5.52 Å². The first kappa shape index (κ1) is 24.0. The standard InChI is InChI=1S/C29H30BrNOS/c1-3-4-11-18-29(32,23-14-9-6-10-15-23)27(21-12-7-5-8-13-21)25-20-22-19-24(30)16-17-26(22)31-28(25)33-2/h5-10,12-17,19-20,27,32H,3-4,11,18H2,1-2H3. The first-order valence-corrected chi connectivity index (χ1v) is 13.6. The molecule has 3 aromatic carbocycles. The molecule has 0 saturated heterocycles. The zero-order valence-corrected chi connectivity index (χ0v) is 21.6. The summed E-state index contributed by atoms with van der Waals surface area (Å²) in [6.07, 6.45) is 5.93. The Bertz CT molecular complexity index is 1200. The van der Waals surface area contributed by atoms with Crippen LogP contribution < -0.4 is 0 Å². The monoisotopic (exact) mass is 519 g/mol. The Labute approximate surface area is 209 Å². The molecule has 4 aromatic rings. The predicted octanol–water partition coefficient (Wildman–Crippen LogP) is 8.32. The molecule has 0 saturated carbocycles. The van der Waals surface area contributed by atoms with E-state index in [9.17, 15) is 5.11 Å². The number of fused-ring (bicyclic) bond motifs is 1. The summed E-state index contributed by atoms with van der Waals surface area (Å²) in [5, 5.41) is 14.6. The molecule has 1 heterocycles. The Kier molecular flexibility index (Phi) is 7.90. The zero-order valence-electron chi connectivity index (χ0n) is 19.2. The number of aliphatic hydroxyl groups is 1. The van der Waals surface area contributed by atoms with Crippen LogP contribution in [0.4, 0.5) is 0 Å². The van der Waals surface area contributed by atoms with E-state index < -0.39 is 5.60 Å². The first-order chi connectivity index (χ1) is 16.1. The lowest BCUT2D eigenvalue weighted by molar-refractivity contribution is 0.00703. The maximum Gasteiger partial charge on any atom is 0.101 e. The highest BCUT2D eigenvalue weighted by molar-refractivity contribution is 9.10. The summed E-state index contributed by atoms with van der Waals surface area (Å²) in [6, 6.07) is 29.0. The topological polar surface area (TPSA) is 33.1 Å². The molecule has 1 N–H and O–H groups in total. The summed E-state index contributed by atoms with van der Waals surface area (Å²) >= 11 is 5.25. The quantitative estimate of drug-likeness (QED) is 0.178. The van der Waals surface area contributed by atoms with Crippen molar-refractivity contribution < 1.29 is 5.11 Å². The number of pyridine rings is 1. The average Bonchev–Trinajstić information content (AvgIpc) is 2.85. The van der Waals surface area contributed by atoms with Gasteiger partial charge in [0.1, 0.15) is 10.6 Å². The van der Waals surface area contributed by atoms with E-state index in [1.54, 1.807) is 11.8 Å². The molecule has 0 aliphatic rings. The van der Waals surface area contributed by atoms with Crippen LogP contribution in [0.15, 0.2) is 94.4 Å². The number of benzene rings is 3. The van der Waals surface area contributed by atoms with Gasteiger partial charge in [-0.15, -0.1) is 11.8 Å². The van der Waals surface area contributed by atoms with E-state index in [1.807, 2.05) is 36.4 Å². The SMILES string of the molecule is CCCCCC(O)(c1ccccc1)C(c1ccccc1)c1cc2cc(Br)ccc2nc1SC. The second-order valence-electron chi connectivity index (χ2n) is 8.51. The van der Waals surface area contributed by atoms with Crippen molar-refractivity contribution >= 4 is 38.6 Å². The molecule has 2 nitrogen and oxygen atoms in total. The fraction of sp³-hybridized carbons (Fsp3) is 0.276. The number of rotatable bonds is 9. The fourth-order valence-corrected chi connectivity index (χ4v) is 5.68. The molecule has 0 radical (unpaired) electrons. The lowest BCUT2D eigenvalue weighted by atomic mass is 9.71. The van der Waals surface area contributed by atoms with Crippen LogP contribution in [0, 0.1) is 0 Å². The molecule has 4 heteroatoms. The van der Waals surface area contributed by atoms with Gasteiger partial charge in [0, 0.05) is 15.8 Å². The van der Waals surface area contributed by atoms with Crippen molar-refractivity contribution in [3.8, 4) is 0 Å². The first-order valence-electron chi connectivity index (χ1n) is 11.5. The van der Waals surface area contributed by atoms with Gasteiger partial charge in [-0.2, -0.15) is 0 Å². The van der Waals surface area contributed by atoms with Crippen LogP contribution in [-0.4, -0.2) is 16.3 Å². The van der Waals surface area contributed by atoms with Gasteiger partial charge in [0.15, 0.2) is 0 Å². The van der Waals surface area contributed by atoms with E-state index in [-0.39, 0.29) is 5.92 Å². The molecular weight excluding hydrogens is 490 g/mol. The Morgan fingerprint density at radius 3 is 2.30 bits per heavy atom. The van der Waals surface area contributed by atoms with Crippen molar-refractivity contribution in [2.75, 3.05) is 6.26 Å². The van der Waals surface area contributed by atoms with Crippen LogP contribution in [-0.2, 0) is 5.60 Å². The molecule has 1 aromatic heterocycles. The molecule has 0 aliphatic carbocycles. The summed E-state index contributed by atoms with van der Waals surface area (Å²) < 4.78 is 1.03. The summed E-state index contributed by atoms with van der Waals surface area (Å²) in [7, 11) is 0. The molecular formula is C29H30BrNOS. The Morgan fingerprint density at radius 2 is 1.64 bits per heavy atom. The van der Waals surface area contributed by atoms with E-state index in [2.05, 4.69) is 77.6 Å². The smallest absolute Gasteiger partial charge is 0.101 e. The van der Waals surface area contributed by atoms with Gasteiger partial charge < -0.3 is 5.11 Å². The number of hydrogen-bond donors (Lipinski definition) is 1. The zero-order chi connectivity index (χ0) is 23.3. The van der Waals surface area contributed by atoms with E-state index in [0.717, 1.165) is 56.4 Å². The van der Waals surface area contributed by atoms with Crippen molar-refractivity contribution in [1.29, 1.82) is 0 Å². The third-order valence-electron chi connectivity index (χ3n) is 6.32. The minimum Gasteiger partial charge on any atom is -0.384 e. The minimum atomic E-state index is -1.05. The average molecular weight is 521 g/mol. The van der Waals surface area contributed by atoms with Gasteiger partial charge in [-0.05, 0) is 53.6 Å². The largest absolute Gasteiger partial charge is 0.384 e. The second-order valence-corrected chi connectivity index (χ2v) is 10.2. The fourth-order valence-electron chi connectivity index (χ4n) is 4.70. The Hall–Kier alpha value is -2.14. The van der Waals surface area contributed by atoms with Gasteiger partial charge in [-0.3, -0.25) is 0 Å². The van der Waals surface area contributed by atoms with Crippen LogP contribution in [0.1, 0.15) is 55.2 Å². The summed E-state index contributed by atoms with van der Waals surface area (Å²) in [5.41, 5.74) is 3.04. The molecule has 0 fully saturated rings. The van der Waals surface area contributed by atoms with Crippen molar-refractivity contribution in [2.45, 2.75) is 49.2 Å². The lowest BCUT2D eigenvalue weighted by Crippen LogP contribution is -2.35. The van der Waals surface area contributed by atoms with Crippen LogP contribution in [0.25, 0.3) is 10.9 Å². The summed E-state index contributed by atoms with van der Waals surface area (Å²) in [6.45, 7) is 2.20. The van der Waals surface area contributed by atoms with E-state index in [4.69, 9.17) is 4.98 Å². The molecule has 4 rings (SSSR count). The summed E-state index contributed by atoms with van der Waals surface area (Å²) in [5.74, 6) is -0.240. The number of hydrogen-bond acceptors (Lipinski definition) is 3. The van der Waals surface area contributed by atoms with Crippen molar-refractivity contribution in [1.82, 2.24) is 4.98 Å². The van der Waals surface area contributed by atoms with E-state index >= 15 is 0 Å². The number of nitrogens with zero attached hydrogens (tertiary/aromatic N) is 1. The van der Waals surface area contributed by atoms with Gasteiger partial charge in [-0.1, -0.05) is 103 Å². The predicted molar refractivity (Wildman–Crippen MR) is 144 cm³/mol. The molecule has 170 valence electrons. The second kappa shape index (κ2) is 10.9. The highest BCUT2D eigenvalue weighted by atomic mass is 79.9.